The number of aromatic nitrogens is 1. The van der Waals surface area contributed by atoms with E-state index in [1.807, 2.05) is 6.20 Å². The standard InChI is InChI=1S/C13H19N3O3/c1-15-7-9(6-11(15)13(18)19-2)8-16-5-3-4-10(16)12(14)17/h6-7,10H,3-5,8H2,1-2H3,(H2,14,17). The maximum absolute atomic E-state index is 11.5. The molecule has 0 bridgehead atoms. The molecule has 0 spiro atoms. The summed E-state index contributed by atoms with van der Waals surface area (Å²) in [6, 6.07) is 1.60. The van der Waals surface area contributed by atoms with Crippen molar-refractivity contribution in [3.8, 4) is 0 Å². The number of nitrogens with zero attached hydrogens (tertiary/aromatic N) is 2. The summed E-state index contributed by atoms with van der Waals surface area (Å²) in [6.45, 7) is 1.48. The molecular formula is C13H19N3O3. The van der Waals surface area contributed by atoms with Crippen LogP contribution in [0.25, 0.3) is 0 Å². The highest BCUT2D eigenvalue weighted by Gasteiger charge is 2.29. The van der Waals surface area contributed by atoms with E-state index in [-0.39, 0.29) is 17.9 Å². The van der Waals surface area contributed by atoms with Gasteiger partial charge in [0.25, 0.3) is 0 Å². The van der Waals surface area contributed by atoms with Gasteiger partial charge in [-0.2, -0.15) is 0 Å². The molecule has 19 heavy (non-hydrogen) atoms. The zero-order valence-electron chi connectivity index (χ0n) is 11.3. The van der Waals surface area contributed by atoms with Gasteiger partial charge in [-0.05, 0) is 31.0 Å². The van der Waals surface area contributed by atoms with E-state index in [0.29, 0.717) is 12.2 Å². The summed E-state index contributed by atoms with van der Waals surface area (Å²) in [5.74, 6) is -0.636. The van der Waals surface area contributed by atoms with Crippen LogP contribution in [0.3, 0.4) is 0 Å². The predicted octanol–water partition coefficient (Wildman–Crippen LogP) is 0.261. The fourth-order valence-corrected chi connectivity index (χ4v) is 2.60. The van der Waals surface area contributed by atoms with E-state index in [0.717, 1.165) is 24.9 Å². The molecule has 6 nitrogen and oxygen atoms in total. The third-order valence-corrected chi connectivity index (χ3v) is 3.53. The van der Waals surface area contributed by atoms with Crippen LogP contribution < -0.4 is 5.73 Å². The molecule has 1 aromatic heterocycles. The highest BCUT2D eigenvalue weighted by molar-refractivity contribution is 5.87. The third-order valence-electron chi connectivity index (χ3n) is 3.53. The van der Waals surface area contributed by atoms with Gasteiger partial charge >= 0.3 is 5.97 Å². The van der Waals surface area contributed by atoms with E-state index in [2.05, 4.69) is 4.90 Å². The van der Waals surface area contributed by atoms with Gasteiger partial charge in [0.15, 0.2) is 0 Å². The lowest BCUT2D eigenvalue weighted by molar-refractivity contribution is -0.122. The third kappa shape index (κ3) is 2.78. The van der Waals surface area contributed by atoms with E-state index >= 15 is 0 Å². The second-order valence-corrected chi connectivity index (χ2v) is 4.87. The van der Waals surface area contributed by atoms with Crippen LogP contribution in [0.15, 0.2) is 12.3 Å². The predicted molar refractivity (Wildman–Crippen MR) is 69.4 cm³/mol. The molecule has 2 heterocycles. The summed E-state index contributed by atoms with van der Waals surface area (Å²) in [5.41, 5.74) is 6.88. The maximum atomic E-state index is 11.5. The number of carbonyl (C=O) groups is 2. The van der Waals surface area contributed by atoms with E-state index < -0.39 is 0 Å². The number of esters is 1. The molecule has 0 aliphatic carbocycles. The molecule has 1 aliphatic rings. The van der Waals surface area contributed by atoms with Crippen LogP contribution in [0.4, 0.5) is 0 Å². The summed E-state index contributed by atoms with van der Waals surface area (Å²) < 4.78 is 6.44. The number of primary amides is 1. The fourth-order valence-electron chi connectivity index (χ4n) is 2.60. The zero-order valence-corrected chi connectivity index (χ0v) is 11.3. The Morgan fingerprint density at radius 2 is 2.26 bits per heavy atom. The average molecular weight is 265 g/mol. The highest BCUT2D eigenvalue weighted by Crippen LogP contribution is 2.20. The van der Waals surface area contributed by atoms with Crippen LogP contribution in [-0.2, 0) is 23.1 Å². The molecule has 1 amide bonds. The van der Waals surface area contributed by atoms with Crippen LogP contribution in [0.1, 0.15) is 28.9 Å². The highest BCUT2D eigenvalue weighted by atomic mass is 16.5. The van der Waals surface area contributed by atoms with Gasteiger partial charge in [0.1, 0.15) is 5.69 Å². The van der Waals surface area contributed by atoms with Crippen LogP contribution in [-0.4, -0.2) is 41.0 Å². The van der Waals surface area contributed by atoms with Crippen LogP contribution >= 0.6 is 0 Å². The molecule has 1 saturated heterocycles. The number of methoxy groups -OCH3 is 1. The zero-order chi connectivity index (χ0) is 14.0. The molecular weight excluding hydrogens is 246 g/mol. The van der Waals surface area contributed by atoms with E-state index in [9.17, 15) is 9.59 Å². The summed E-state index contributed by atoms with van der Waals surface area (Å²) in [7, 11) is 3.16. The lowest BCUT2D eigenvalue weighted by Gasteiger charge is -2.20. The van der Waals surface area contributed by atoms with Crippen molar-refractivity contribution in [2.24, 2.45) is 12.8 Å². The van der Waals surface area contributed by atoms with Crippen molar-refractivity contribution in [1.82, 2.24) is 9.47 Å². The number of rotatable bonds is 4. The van der Waals surface area contributed by atoms with Gasteiger partial charge in [-0.1, -0.05) is 0 Å². The van der Waals surface area contributed by atoms with Crippen molar-refractivity contribution >= 4 is 11.9 Å². The van der Waals surface area contributed by atoms with Crippen molar-refractivity contribution in [2.45, 2.75) is 25.4 Å². The maximum Gasteiger partial charge on any atom is 0.354 e. The first-order valence-corrected chi connectivity index (χ1v) is 6.30. The SMILES string of the molecule is COC(=O)c1cc(CN2CCCC2C(N)=O)cn1C. The lowest BCUT2D eigenvalue weighted by atomic mass is 10.2. The molecule has 1 fully saturated rings. The number of hydrogen-bond acceptors (Lipinski definition) is 4. The average Bonchev–Trinajstić information content (AvgIpc) is 2.95. The Morgan fingerprint density at radius 3 is 2.89 bits per heavy atom. The Bertz CT molecular complexity index is 495. The Kier molecular flexibility index (Phi) is 3.90. The first kappa shape index (κ1) is 13.6. The Morgan fingerprint density at radius 1 is 1.53 bits per heavy atom. The molecule has 0 radical (unpaired) electrons. The minimum atomic E-state index is -0.360. The van der Waals surface area contributed by atoms with Crippen molar-refractivity contribution in [3.05, 3.63) is 23.5 Å². The molecule has 1 aromatic rings. The van der Waals surface area contributed by atoms with Gasteiger partial charge in [-0.3, -0.25) is 9.69 Å². The van der Waals surface area contributed by atoms with Gasteiger partial charge in [0.05, 0.1) is 13.2 Å². The summed E-state index contributed by atoms with van der Waals surface area (Å²) in [4.78, 5) is 24.9. The minimum absolute atomic E-state index is 0.193. The van der Waals surface area contributed by atoms with E-state index in [1.165, 1.54) is 7.11 Å². The second-order valence-electron chi connectivity index (χ2n) is 4.87. The van der Waals surface area contributed by atoms with Crippen molar-refractivity contribution in [1.29, 1.82) is 0 Å². The number of likely N-dealkylation sites (tertiary alicyclic amines) is 1. The molecule has 0 saturated carbocycles. The molecule has 0 aromatic carbocycles. The fraction of sp³-hybridized carbons (Fsp3) is 0.538. The molecule has 1 atom stereocenters. The Labute approximate surface area is 112 Å². The molecule has 1 unspecified atom stereocenters. The van der Waals surface area contributed by atoms with Gasteiger partial charge in [0, 0.05) is 19.8 Å². The van der Waals surface area contributed by atoms with Crippen molar-refractivity contribution < 1.29 is 14.3 Å². The van der Waals surface area contributed by atoms with Crippen molar-refractivity contribution in [3.63, 3.8) is 0 Å². The van der Waals surface area contributed by atoms with Gasteiger partial charge in [-0.25, -0.2) is 4.79 Å². The van der Waals surface area contributed by atoms with Gasteiger partial charge in [0.2, 0.25) is 5.91 Å². The topological polar surface area (TPSA) is 77.6 Å². The smallest absolute Gasteiger partial charge is 0.354 e. The van der Waals surface area contributed by atoms with Gasteiger partial charge < -0.3 is 15.0 Å². The van der Waals surface area contributed by atoms with Gasteiger partial charge in [-0.15, -0.1) is 0 Å². The Hall–Kier alpha value is -1.82. The monoisotopic (exact) mass is 265 g/mol. The van der Waals surface area contributed by atoms with E-state index in [4.69, 9.17) is 10.5 Å². The number of nitrogens with two attached hydrogens (primary N) is 1. The van der Waals surface area contributed by atoms with E-state index in [1.54, 1.807) is 17.7 Å². The van der Waals surface area contributed by atoms with Crippen LogP contribution in [0, 0.1) is 0 Å². The number of carbonyl (C=O) groups excluding carboxylic acids is 2. The summed E-state index contributed by atoms with van der Waals surface area (Å²) >= 11 is 0. The first-order chi connectivity index (χ1) is 9.02. The first-order valence-electron chi connectivity index (χ1n) is 6.30. The normalized spacial score (nSPS) is 19.6. The second kappa shape index (κ2) is 5.44. The molecule has 6 heteroatoms. The summed E-state index contributed by atoms with van der Waals surface area (Å²) in [5, 5.41) is 0. The number of aryl methyl sites for hydroxylation is 1. The number of amides is 1. The quantitative estimate of drug-likeness (QED) is 0.792. The molecule has 104 valence electrons. The van der Waals surface area contributed by atoms with Crippen molar-refractivity contribution in [2.75, 3.05) is 13.7 Å². The number of ether oxygens (including phenoxy) is 1. The Balaban J connectivity index is 2.11. The summed E-state index contributed by atoms with van der Waals surface area (Å²) in [6.07, 6.45) is 3.67. The lowest BCUT2D eigenvalue weighted by Crippen LogP contribution is -2.39. The molecule has 2 N–H and O–H groups in total. The largest absolute Gasteiger partial charge is 0.464 e. The molecule has 2 rings (SSSR count). The van der Waals surface area contributed by atoms with Crippen LogP contribution in [0.5, 0.6) is 0 Å². The minimum Gasteiger partial charge on any atom is -0.464 e. The number of hydrogen-bond donors (Lipinski definition) is 1. The van der Waals surface area contributed by atoms with Crippen LogP contribution in [0.2, 0.25) is 0 Å². The molecule has 1 aliphatic heterocycles.